The molecule has 1 saturated heterocycles. The second-order valence-corrected chi connectivity index (χ2v) is 11.1. The number of nitrogens with zero attached hydrogens (tertiary/aromatic N) is 1. The highest BCUT2D eigenvalue weighted by Gasteiger charge is 2.43. The number of nitrogens with two attached hydrogens (primary N) is 1. The van der Waals surface area contributed by atoms with Crippen LogP contribution in [0, 0.1) is 5.82 Å². The number of aromatic nitrogens is 1. The smallest absolute Gasteiger partial charge is 0.409 e. The molecule has 37 heavy (non-hydrogen) atoms. The molecular weight excluding hydrogens is 517 g/mol. The zero-order chi connectivity index (χ0) is 26.5. The van der Waals surface area contributed by atoms with E-state index in [1.807, 2.05) is 62.5 Å². The van der Waals surface area contributed by atoms with Crippen molar-refractivity contribution in [3.8, 4) is 11.3 Å². The SMILES string of the molecule is CC1(C)OCC(C)(c2ccnc(-c3cccc4cc(C(N)c5cc(NC(=O)O)c(F)cc5Cl)sc34)c2)O1. The maximum atomic E-state index is 14.2. The number of pyridine rings is 1. The van der Waals surface area contributed by atoms with E-state index in [9.17, 15) is 9.18 Å². The summed E-state index contributed by atoms with van der Waals surface area (Å²) in [6.07, 6.45) is 0.382. The minimum absolute atomic E-state index is 0.114. The molecule has 2 atom stereocenters. The Morgan fingerprint density at radius 1 is 1.24 bits per heavy atom. The molecule has 192 valence electrons. The van der Waals surface area contributed by atoms with Gasteiger partial charge in [-0.15, -0.1) is 11.3 Å². The fraction of sp³-hybridized carbons (Fsp3) is 0.259. The van der Waals surface area contributed by atoms with E-state index in [0.717, 1.165) is 37.9 Å². The molecule has 3 heterocycles. The fourth-order valence-electron chi connectivity index (χ4n) is 4.57. The van der Waals surface area contributed by atoms with Crippen molar-refractivity contribution in [2.45, 2.75) is 38.2 Å². The fourth-order valence-corrected chi connectivity index (χ4v) is 6.04. The van der Waals surface area contributed by atoms with Crippen LogP contribution in [0.2, 0.25) is 5.02 Å². The zero-order valence-electron chi connectivity index (χ0n) is 20.3. The van der Waals surface area contributed by atoms with E-state index in [2.05, 4.69) is 4.98 Å². The minimum Gasteiger partial charge on any atom is -0.465 e. The third-order valence-corrected chi connectivity index (χ3v) is 7.94. The van der Waals surface area contributed by atoms with Crippen LogP contribution in [0.1, 0.15) is 42.8 Å². The standard InChI is InChI=1S/C27H25ClFN3O4S/c1-26(2)35-13-27(3,36-26)15-7-8-31-20(10-15)16-6-4-5-14-9-22(37-24(14)16)23(30)17-11-21(32-25(33)34)19(29)12-18(17)28/h4-12,23,32H,13,30H2,1-3H3,(H,33,34). The number of halogens is 2. The lowest BCUT2D eigenvalue weighted by molar-refractivity contribution is -0.159. The Hall–Kier alpha value is -3.08. The average molecular weight is 542 g/mol. The first kappa shape index (κ1) is 25.6. The Labute approximate surface area is 222 Å². The molecule has 4 aromatic rings. The minimum atomic E-state index is -1.38. The number of carbonyl (C=O) groups is 1. The highest BCUT2D eigenvalue weighted by Crippen LogP contribution is 2.42. The van der Waals surface area contributed by atoms with Gasteiger partial charge in [0, 0.05) is 26.4 Å². The topological polar surface area (TPSA) is 107 Å². The van der Waals surface area contributed by atoms with Crippen LogP contribution in [0.4, 0.5) is 14.9 Å². The van der Waals surface area contributed by atoms with E-state index in [-0.39, 0.29) is 10.7 Å². The quantitative estimate of drug-likeness (QED) is 0.254. The van der Waals surface area contributed by atoms with Gasteiger partial charge in [-0.3, -0.25) is 10.3 Å². The summed E-state index contributed by atoms with van der Waals surface area (Å²) in [6.45, 7) is 6.23. The largest absolute Gasteiger partial charge is 0.465 e. The van der Waals surface area contributed by atoms with Crippen LogP contribution in [-0.2, 0) is 15.1 Å². The number of hydrogen-bond acceptors (Lipinski definition) is 6. The van der Waals surface area contributed by atoms with Gasteiger partial charge < -0.3 is 20.3 Å². The molecule has 1 fully saturated rings. The molecule has 4 N–H and O–H groups in total. The number of anilines is 1. The monoisotopic (exact) mass is 541 g/mol. The Kier molecular flexibility index (Phi) is 6.45. The Morgan fingerprint density at radius 3 is 2.73 bits per heavy atom. The second-order valence-electron chi connectivity index (χ2n) is 9.59. The van der Waals surface area contributed by atoms with Crippen LogP contribution in [-0.4, -0.2) is 28.6 Å². The van der Waals surface area contributed by atoms with Crippen molar-refractivity contribution in [1.29, 1.82) is 0 Å². The van der Waals surface area contributed by atoms with Gasteiger partial charge in [0.2, 0.25) is 0 Å². The highest BCUT2D eigenvalue weighted by atomic mass is 35.5. The van der Waals surface area contributed by atoms with Gasteiger partial charge >= 0.3 is 6.09 Å². The second kappa shape index (κ2) is 9.34. The lowest BCUT2D eigenvalue weighted by Gasteiger charge is -2.25. The van der Waals surface area contributed by atoms with E-state index < -0.39 is 29.3 Å². The normalized spacial score (nSPS) is 19.7. The Bertz CT molecular complexity index is 1530. The summed E-state index contributed by atoms with van der Waals surface area (Å²) < 4.78 is 27.2. The summed E-state index contributed by atoms with van der Waals surface area (Å²) in [4.78, 5) is 16.5. The molecule has 2 aromatic carbocycles. The molecule has 0 radical (unpaired) electrons. The van der Waals surface area contributed by atoms with Crippen LogP contribution < -0.4 is 11.1 Å². The number of fused-ring (bicyclic) bond motifs is 1. The van der Waals surface area contributed by atoms with Gasteiger partial charge in [-0.25, -0.2) is 9.18 Å². The number of hydrogen-bond donors (Lipinski definition) is 3. The van der Waals surface area contributed by atoms with Crippen LogP contribution in [0.15, 0.2) is 54.7 Å². The Morgan fingerprint density at radius 2 is 2.03 bits per heavy atom. The summed E-state index contributed by atoms with van der Waals surface area (Å²) in [6, 6.07) is 13.5. The van der Waals surface area contributed by atoms with Crippen molar-refractivity contribution in [3.05, 3.63) is 81.6 Å². The number of thiophene rings is 1. The van der Waals surface area contributed by atoms with Gasteiger partial charge in [-0.05, 0) is 67.6 Å². The summed E-state index contributed by atoms with van der Waals surface area (Å²) >= 11 is 7.78. The molecule has 10 heteroatoms. The molecular formula is C27H25ClFN3O4S. The number of ether oxygens (including phenoxy) is 2. The van der Waals surface area contributed by atoms with E-state index in [4.69, 9.17) is 31.9 Å². The van der Waals surface area contributed by atoms with Crippen molar-refractivity contribution < 1.29 is 23.8 Å². The molecule has 1 aliphatic heterocycles. The molecule has 2 aromatic heterocycles. The summed E-state index contributed by atoms with van der Waals surface area (Å²) in [5.74, 6) is -1.44. The van der Waals surface area contributed by atoms with Crippen LogP contribution >= 0.6 is 22.9 Å². The predicted octanol–water partition coefficient (Wildman–Crippen LogP) is 6.89. The molecule has 1 aliphatic rings. The maximum Gasteiger partial charge on any atom is 0.409 e. The molecule has 0 aliphatic carbocycles. The van der Waals surface area contributed by atoms with Gasteiger partial charge in [0.15, 0.2) is 5.79 Å². The van der Waals surface area contributed by atoms with Gasteiger partial charge in [0.1, 0.15) is 11.4 Å². The number of benzene rings is 2. The van der Waals surface area contributed by atoms with Crippen LogP contribution in [0.5, 0.6) is 0 Å². The number of nitrogens with one attached hydrogen (secondary N) is 1. The third kappa shape index (κ3) is 4.93. The first-order valence-electron chi connectivity index (χ1n) is 11.5. The molecule has 1 amide bonds. The molecule has 0 bridgehead atoms. The number of rotatable bonds is 5. The first-order valence-corrected chi connectivity index (χ1v) is 12.7. The molecule has 2 unspecified atom stereocenters. The lowest BCUT2D eigenvalue weighted by atomic mass is 9.96. The summed E-state index contributed by atoms with van der Waals surface area (Å²) in [7, 11) is 0. The van der Waals surface area contributed by atoms with E-state index in [0.29, 0.717) is 12.2 Å². The predicted molar refractivity (Wildman–Crippen MR) is 143 cm³/mol. The molecule has 0 saturated carbocycles. The lowest BCUT2D eigenvalue weighted by Crippen LogP contribution is -2.28. The van der Waals surface area contributed by atoms with Gasteiger partial charge in [-0.1, -0.05) is 29.8 Å². The van der Waals surface area contributed by atoms with Crippen molar-refractivity contribution in [1.82, 2.24) is 4.98 Å². The maximum absolute atomic E-state index is 14.2. The number of amides is 1. The van der Waals surface area contributed by atoms with Crippen LogP contribution in [0.3, 0.4) is 0 Å². The highest BCUT2D eigenvalue weighted by molar-refractivity contribution is 7.19. The molecule has 5 rings (SSSR count). The summed E-state index contributed by atoms with van der Waals surface area (Å²) in [5.41, 5.74) is 8.84. The van der Waals surface area contributed by atoms with Crippen molar-refractivity contribution in [3.63, 3.8) is 0 Å². The van der Waals surface area contributed by atoms with Crippen molar-refractivity contribution in [2.75, 3.05) is 11.9 Å². The van der Waals surface area contributed by atoms with E-state index in [1.54, 1.807) is 6.20 Å². The van der Waals surface area contributed by atoms with E-state index >= 15 is 0 Å². The van der Waals surface area contributed by atoms with Gasteiger partial charge in [0.05, 0.1) is 24.0 Å². The van der Waals surface area contributed by atoms with E-state index in [1.165, 1.54) is 17.4 Å². The first-order chi connectivity index (χ1) is 17.5. The third-order valence-electron chi connectivity index (χ3n) is 6.35. The van der Waals surface area contributed by atoms with Crippen molar-refractivity contribution in [2.24, 2.45) is 5.73 Å². The molecule has 7 nitrogen and oxygen atoms in total. The van der Waals surface area contributed by atoms with Gasteiger partial charge in [-0.2, -0.15) is 0 Å². The average Bonchev–Trinajstić information content (AvgIpc) is 3.40. The van der Waals surface area contributed by atoms with Crippen LogP contribution in [0.25, 0.3) is 21.3 Å². The van der Waals surface area contributed by atoms with Crippen molar-refractivity contribution >= 4 is 44.8 Å². The zero-order valence-corrected chi connectivity index (χ0v) is 21.9. The molecule has 0 spiro atoms. The number of carboxylic acid groups (broad SMARTS) is 1. The summed E-state index contributed by atoms with van der Waals surface area (Å²) in [5, 5.41) is 12.1. The van der Waals surface area contributed by atoms with Gasteiger partial charge in [0.25, 0.3) is 0 Å². The Balaban J connectivity index is 1.53.